The number of aryl methyl sites for hydroxylation is 2. The molecule has 3 N–H and O–H groups in total. The van der Waals surface area contributed by atoms with Crippen molar-refractivity contribution in [1.82, 2.24) is 10.6 Å². The molecule has 6 heteroatoms. The van der Waals surface area contributed by atoms with E-state index in [2.05, 4.69) is 30.5 Å². The van der Waals surface area contributed by atoms with Gasteiger partial charge in [-0.1, -0.05) is 18.2 Å². The van der Waals surface area contributed by atoms with Crippen LogP contribution >= 0.6 is 11.3 Å². The van der Waals surface area contributed by atoms with Gasteiger partial charge in [-0.3, -0.25) is 0 Å². The highest BCUT2D eigenvalue weighted by Crippen LogP contribution is 2.26. The fourth-order valence-corrected chi connectivity index (χ4v) is 3.55. The van der Waals surface area contributed by atoms with E-state index in [0.29, 0.717) is 12.3 Å². The molecule has 0 fully saturated rings. The number of urea groups is 1. The van der Waals surface area contributed by atoms with Crippen molar-refractivity contribution in [2.24, 2.45) is 0 Å². The van der Waals surface area contributed by atoms with Gasteiger partial charge in [-0.05, 0) is 38.5 Å². The van der Waals surface area contributed by atoms with Crippen LogP contribution < -0.4 is 15.4 Å². The van der Waals surface area contributed by atoms with Gasteiger partial charge in [0, 0.05) is 21.9 Å². The van der Waals surface area contributed by atoms with Crippen LogP contribution in [0, 0.1) is 13.8 Å². The summed E-state index contributed by atoms with van der Waals surface area (Å²) in [7, 11) is 0. The van der Waals surface area contributed by atoms with Gasteiger partial charge in [0.25, 0.3) is 0 Å². The number of aliphatic hydroxyl groups excluding tert-OH is 1. The van der Waals surface area contributed by atoms with Gasteiger partial charge in [0.1, 0.15) is 12.4 Å². The van der Waals surface area contributed by atoms with E-state index in [-0.39, 0.29) is 25.3 Å². The lowest BCUT2D eigenvalue weighted by atomic mass is 10.1. The summed E-state index contributed by atoms with van der Waals surface area (Å²) in [5, 5.41) is 14.7. The Bertz CT molecular complexity index is 685. The van der Waals surface area contributed by atoms with Crippen molar-refractivity contribution >= 4 is 17.4 Å². The maximum absolute atomic E-state index is 12.1. The van der Waals surface area contributed by atoms with Gasteiger partial charge in [-0.15, -0.1) is 11.3 Å². The maximum atomic E-state index is 12.1. The average molecular weight is 348 g/mol. The van der Waals surface area contributed by atoms with Crippen molar-refractivity contribution in [2.75, 3.05) is 13.2 Å². The van der Waals surface area contributed by atoms with Crippen LogP contribution in [-0.4, -0.2) is 24.4 Å². The minimum atomic E-state index is -0.220. The fraction of sp³-hybridized carbons (Fsp3) is 0.389. The van der Waals surface area contributed by atoms with Crippen LogP contribution in [0.4, 0.5) is 4.79 Å². The molecule has 2 amide bonds. The minimum Gasteiger partial charge on any atom is -0.491 e. The third-order valence-electron chi connectivity index (χ3n) is 3.65. The van der Waals surface area contributed by atoms with Crippen molar-refractivity contribution < 1.29 is 14.6 Å². The summed E-state index contributed by atoms with van der Waals surface area (Å²) < 4.78 is 5.47. The number of hydrogen-bond acceptors (Lipinski definition) is 4. The molecule has 24 heavy (non-hydrogen) atoms. The van der Waals surface area contributed by atoms with E-state index in [1.807, 2.05) is 31.2 Å². The number of thiophene rings is 1. The number of para-hydroxylation sites is 1. The lowest BCUT2D eigenvalue weighted by Gasteiger charge is -2.16. The standard InChI is InChI=1S/C18H24N2O3S/c1-12-10-16(14(3)24-12)13(2)20-18(22)19-11-15-6-4-5-7-17(15)23-9-8-21/h4-7,10,13,21H,8-9,11H2,1-3H3,(H2,19,20,22). The molecule has 5 nitrogen and oxygen atoms in total. The van der Waals surface area contributed by atoms with Crippen molar-refractivity contribution in [3.63, 3.8) is 0 Å². The first kappa shape index (κ1) is 18.3. The molecule has 2 aromatic rings. The number of benzene rings is 1. The summed E-state index contributed by atoms with van der Waals surface area (Å²) in [6, 6.07) is 9.32. The Morgan fingerprint density at radius 1 is 1.33 bits per heavy atom. The zero-order chi connectivity index (χ0) is 17.5. The molecule has 1 aromatic carbocycles. The second-order valence-corrected chi connectivity index (χ2v) is 7.06. The SMILES string of the molecule is Cc1cc(C(C)NC(=O)NCc2ccccc2OCCO)c(C)s1. The summed E-state index contributed by atoms with van der Waals surface area (Å²) in [4.78, 5) is 14.6. The largest absolute Gasteiger partial charge is 0.491 e. The summed E-state index contributed by atoms with van der Waals surface area (Å²) in [6.07, 6.45) is 0. The second-order valence-electron chi connectivity index (χ2n) is 5.60. The normalized spacial score (nSPS) is 11.8. The Kier molecular flexibility index (Phi) is 6.63. The molecular weight excluding hydrogens is 324 g/mol. The number of ether oxygens (including phenoxy) is 1. The summed E-state index contributed by atoms with van der Waals surface area (Å²) in [5.74, 6) is 0.671. The zero-order valence-electron chi connectivity index (χ0n) is 14.3. The summed E-state index contributed by atoms with van der Waals surface area (Å²) in [5.41, 5.74) is 2.02. The number of nitrogens with one attached hydrogen (secondary N) is 2. The quantitative estimate of drug-likeness (QED) is 0.719. The van der Waals surface area contributed by atoms with E-state index in [1.54, 1.807) is 11.3 Å². The number of aliphatic hydroxyl groups is 1. The predicted octanol–water partition coefficient (Wildman–Crippen LogP) is 3.30. The van der Waals surface area contributed by atoms with Crippen LogP contribution in [0.25, 0.3) is 0 Å². The molecule has 1 heterocycles. The number of hydrogen-bond donors (Lipinski definition) is 3. The first-order valence-electron chi connectivity index (χ1n) is 7.94. The zero-order valence-corrected chi connectivity index (χ0v) is 15.1. The van der Waals surface area contributed by atoms with Gasteiger partial charge in [0.05, 0.1) is 12.6 Å². The first-order valence-corrected chi connectivity index (χ1v) is 8.75. The van der Waals surface area contributed by atoms with E-state index < -0.39 is 0 Å². The molecule has 1 aromatic heterocycles. The Morgan fingerprint density at radius 2 is 2.08 bits per heavy atom. The van der Waals surface area contributed by atoms with Crippen molar-refractivity contribution in [1.29, 1.82) is 0 Å². The van der Waals surface area contributed by atoms with Crippen LogP contribution in [-0.2, 0) is 6.54 Å². The molecule has 0 saturated carbocycles. The smallest absolute Gasteiger partial charge is 0.315 e. The number of amides is 2. The van der Waals surface area contributed by atoms with Crippen LogP contribution in [0.1, 0.15) is 33.8 Å². The van der Waals surface area contributed by atoms with Crippen molar-refractivity contribution in [3.8, 4) is 5.75 Å². The maximum Gasteiger partial charge on any atom is 0.315 e. The molecule has 1 atom stereocenters. The second kappa shape index (κ2) is 8.70. The van der Waals surface area contributed by atoms with Gasteiger partial charge in [-0.2, -0.15) is 0 Å². The Morgan fingerprint density at radius 3 is 2.75 bits per heavy atom. The molecule has 0 saturated heterocycles. The molecule has 0 aliphatic heterocycles. The van der Waals surface area contributed by atoms with Gasteiger partial charge in [0.2, 0.25) is 0 Å². The predicted molar refractivity (Wildman–Crippen MR) is 96.6 cm³/mol. The van der Waals surface area contributed by atoms with Crippen LogP contribution in [0.15, 0.2) is 30.3 Å². The van der Waals surface area contributed by atoms with Crippen LogP contribution in [0.2, 0.25) is 0 Å². The number of carbonyl (C=O) groups is 1. The molecule has 0 radical (unpaired) electrons. The van der Waals surface area contributed by atoms with Crippen molar-refractivity contribution in [3.05, 3.63) is 51.2 Å². The van der Waals surface area contributed by atoms with E-state index in [1.165, 1.54) is 9.75 Å². The van der Waals surface area contributed by atoms with E-state index in [0.717, 1.165) is 11.1 Å². The van der Waals surface area contributed by atoms with E-state index in [4.69, 9.17) is 9.84 Å². The summed E-state index contributed by atoms with van der Waals surface area (Å²) in [6.45, 7) is 6.67. The highest BCUT2D eigenvalue weighted by Gasteiger charge is 2.14. The Labute approximate surface area is 146 Å². The third-order valence-corrected chi connectivity index (χ3v) is 4.64. The molecule has 2 rings (SSSR count). The number of carbonyl (C=O) groups excluding carboxylic acids is 1. The van der Waals surface area contributed by atoms with Gasteiger partial charge >= 0.3 is 6.03 Å². The molecule has 130 valence electrons. The molecule has 1 unspecified atom stereocenters. The first-order chi connectivity index (χ1) is 11.5. The molecule has 0 bridgehead atoms. The lowest BCUT2D eigenvalue weighted by molar-refractivity contribution is 0.200. The van der Waals surface area contributed by atoms with Gasteiger partial charge in [-0.25, -0.2) is 4.79 Å². The fourth-order valence-electron chi connectivity index (χ4n) is 2.53. The van der Waals surface area contributed by atoms with E-state index >= 15 is 0 Å². The average Bonchev–Trinajstić information content (AvgIpc) is 2.90. The highest BCUT2D eigenvalue weighted by molar-refractivity contribution is 7.12. The lowest BCUT2D eigenvalue weighted by Crippen LogP contribution is -2.36. The third kappa shape index (κ3) is 4.97. The molecule has 0 aliphatic rings. The van der Waals surface area contributed by atoms with E-state index in [9.17, 15) is 4.79 Å². The van der Waals surface area contributed by atoms with Gasteiger partial charge < -0.3 is 20.5 Å². The van der Waals surface area contributed by atoms with Crippen LogP contribution in [0.3, 0.4) is 0 Å². The summed E-state index contributed by atoms with van der Waals surface area (Å²) >= 11 is 1.74. The molecular formula is C18H24N2O3S. The monoisotopic (exact) mass is 348 g/mol. The van der Waals surface area contributed by atoms with Gasteiger partial charge in [0.15, 0.2) is 0 Å². The topological polar surface area (TPSA) is 70.6 Å². The van der Waals surface area contributed by atoms with Crippen molar-refractivity contribution in [2.45, 2.75) is 33.4 Å². The van der Waals surface area contributed by atoms with Crippen LogP contribution in [0.5, 0.6) is 5.75 Å². The molecule has 0 spiro atoms. The minimum absolute atomic E-state index is 0.0425. The molecule has 0 aliphatic carbocycles. The highest BCUT2D eigenvalue weighted by atomic mass is 32.1. The number of rotatable bonds is 7. The Hall–Kier alpha value is -2.05. The Balaban J connectivity index is 1.90.